The number of ether oxygens (including phenoxy) is 1. The van der Waals surface area contributed by atoms with Crippen molar-refractivity contribution >= 4 is 0 Å². The topological polar surface area (TPSA) is 44.7 Å². The van der Waals surface area contributed by atoms with E-state index in [4.69, 9.17) is 4.74 Å². The summed E-state index contributed by atoms with van der Waals surface area (Å²) >= 11 is 0. The van der Waals surface area contributed by atoms with E-state index < -0.39 is 6.10 Å². The van der Waals surface area contributed by atoms with Crippen LogP contribution in [0.1, 0.15) is 24.5 Å². The first-order valence-electron chi connectivity index (χ1n) is 6.97. The summed E-state index contributed by atoms with van der Waals surface area (Å²) in [6.07, 6.45) is 2.06. The third-order valence-electron chi connectivity index (χ3n) is 3.52. The molecule has 1 heterocycles. The number of likely N-dealkylation sites (N-methyl/N-ethyl adjacent to an activating group) is 2. The van der Waals surface area contributed by atoms with Gasteiger partial charge in [-0.25, -0.2) is 0 Å². The van der Waals surface area contributed by atoms with E-state index in [1.807, 2.05) is 31.3 Å². The minimum atomic E-state index is -0.484. The van der Waals surface area contributed by atoms with Crippen LogP contribution in [0.3, 0.4) is 0 Å². The zero-order chi connectivity index (χ0) is 13.7. The fourth-order valence-corrected chi connectivity index (χ4v) is 2.51. The summed E-state index contributed by atoms with van der Waals surface area (Å²) in [5.74, 6) is 0.855. The Bertz CT molecular complexity index is 397. The molecule has 0 spiro atoms. The van der Waals surface area contributed by atoms with Gasteiger partial charge in [0, 0.05) is 13.1 Å². The van der Waals surface area contributed by atoms with Crippen molar-refractivity contribution in [2.45, 2.75) is 25.0 Å². The summed E-state index contributed by atoms with van der Waals surface area (Å²) in [6, 6.07) is 7.78. The number of aliphatic hydroxyl groups is 1. The quantitative estimate of drug-likeness (QED) is 0.844. The van der Waals surface area contributed by atoms with Gasteiger partial charge in [0.15, 0.2) is 0 Å². The average Bonchev–Trinajstić information content (AvgIpc) is 2.39. The molecular formula is C15H24N2O2. The van der Waals surface area contributed by atoms with Gasteiger partial charge in [-0.05, 0) is 51.2 Å². The summed E-state index contributed by atoms with van der Waals surface area (Å²) in [4.78, 5) is 2.30. The van der Waals surface area contributed by atoms with Gasteiger partial charge in [0.2, 0.25) is 0 Å². The van der Waals surface area contributed by atoms with Crippen molar-refractivity contribution in [3.8, 4) is 5.75 Å². The van der Waals surface area contributed by atoms with Crippen LogP contribution in [0.15, 0.2) is 24.3 Å². The van der Waals surface area contributed by atoms with Gasteiger partial charge in [0.05, 0.1) is 6.10 Å². The molecule has 2 N–H and O–H groups in total. The summed E-state index contributed by atoms with van der Waals surface area (Å²) in [5.41, 5.74) is 0.899. The molecule has 4 nitrogen and oxygen atoms in total. The Morgan fingerprint density at radius 1 is 1.53 bits per heavy atom. The van der Waals surface area contributed by atoms with Crippen LogP contribution in [0.25, 0.3) is 0 Å². The largest absolute Gasteiger partial charge is 0.489 e. The summed E-state index contributed by atoms with van der Waals surface area (Å²) in [6.45, 7) is 2.68. The third kappa shape index (κ3) is 4.20. The van der Waals surface area contributed by atoms with E-state index in [2.05, 4.69) is 17.3 Å². The normalized spacial score (nSPS) is 22.2. The van der Waals surface area contributed by atoms with Gasteiger partial charge in [0.1, 0.15) is 11.9 Å². The van der Waals surface area contributed by atoms with Crippen molar-refractivity contribution < 1.29 is 9.84 Å². The van der Waals surface area contributed by atoms with Crippen LogP contribution in [0.5, 0.6) is 5.75 Å². The van der Waals surface area contributed by atoms with Crippen LogP contribution < -0.4 is 10.1 Å². The summed E-state index contributed by atoms with van der Waals surface area (Å²) < 4.78 is 6.02. The van der Waals surface area contributed by atoms with Gasteiger partial charge in [-0.15, -0.1) is 0 Å². The second-order valence-corrected chi connectivity index (χ2v) is 5.29. The van der Waals surface area contributed by atoms with Crippen LogP contribution >= 0.6 is 0 Å². The van der Waals surface area contributed by atoms with Gasteiger partial charge in [-0.1, -0.05) is 12.1 Å². The number of nitrogens with zero attached hydrogens (tertiary/aromatic N) is 1. The molecule has 4 heteroatoms. The molecule has 0 saturated carbocycles. The van der Waals surface area contributed by atoms with Gasteiger partial charge in [-0.2, -0.15) is 0 Å². The van der Waals surface area contributed by atoms with E-state index in [0.717, 1.165) is 30.8 Å². The first-order chi connectivity index (χ1) is 9.19. The van der Waals surface area contributed by atoms with Crippen molar-refractivity contribution in [3.05, 3.63) is 29.8 Å². The van der Waals surface area contributed by atoms with Crippen molar-refractivity contribution in [1.29, 1.82) is 0 Å². The number of benzene rings is 1. The minimum Gasteiger partial charge on any atom is -0.489 e. The zero-order valence-corrected chi connectivity index (χ0v) is 11.8. The first kappa shape index (κ1) is 14.3. The molecule has 2 rings (SSSR count). The lowest BCUT2D eigenvalue weighted by Gasteiger charge is -2.30. The molecule has 2 atom stereocenters. The number of hydrogen-bond acceptors (Lipinski definition) is 4. The van der Waals surface area contributed by atoms with Gasteiger partial charge in [0.25, 0.3) is 0 Å². The molecule has 1 aromatic carbocycles. The Labute approximate surface area is 115 Å². The number of hydrogen-bond donors (Lipinski definition) is 2. The van der Waals surface area contributed by atoms with E-state index in [0.29, 0.717) is 6.54 Å². The van der Waals surface area contributed by atoms with Gasteiger partial charge in [-0.3, -0.25) is 0 Å². The molecule has 0 amide bonds. The lowest BCUT2D eigenvalue weighted by molar-refractivity contribution is 0.104. The number of likely N-dealkylation sites (tertiary alicyclic amines) is 1. The highest BCUT2D eigenvalue weighted by atomic mass is 16.5. The maximum atomic E-state index is 9.97. The minimum absolute atomic E-state index is 0.260. The standard InChI is InChI=1S/C15H24N2O2/c1-16-10-15(18)12-5-3-6-13(9-12)19-14-7-4-8-17(2)11-14/h3,5-6,9,14-16,18H,4,7-8,10-11H2,1-2H3. The third-order valence-corrected chi connectivity index (χ3v) is 3.52. The number of nitrogens with one attached hydrogen (secondary N) is 1. The molecule has 1 aliphatic rings. The second kappa shape index (κ2) is 6.89. The molecule has 0 aliphatic carbocycles. The molecule has 1 saturated heterocycles. The smallest absolute Gasteiger partial charge is 0.120 e. The fraction of sp³-hybridized carbons (Fsp3) is 0.600. The van der Waals surface area contributed by atoms with Crippen molar-refractivity contribution in [2.75, 3.05) is 33.7 Å². The summed E-state index contributed by atoms with van der Waals surface area (Å²) in [7, 11) is 3.96. The molecule has 2 unspecified atom stereocenters. The van der Waals surface area contributed by atoms with Gasteiger partial charge >= 0.3 is 0 Å². The zero-order valence-electron chi connectivity index (χ0n) is 11.8. The number of rotatable bonds is 5. The average molecular weight is 264 g/mol. The Morgan fingerprint density at radius 3 is 3.11 bits per heavy atom. The van der Waals surface area contributed by atoms with E-state index in [9.17, 15) is 5.11 Å². The highest BCUT2D eigenvalue weighted by Gasteiger charge is 2.18. The molecule has 1 fully saturated rings. The van der Waals surface area contributed by atoms with E-state index in [1.165, 1.54) is 6.42 Å². The van der Waals surface area contributed by atoms with Crippen LogP contribution in [0, 0.1) is 0 Å². The molecule has 0 bridgehead atoms. The predicted molar refractivity (Wildman–Crippen MR) is 76.5 cm³/mol. The van der Waals surface area contributed by atoms with E-state index >= 15 is 0 Å². The predicted octanol–water partition coefficient (Wildman–Crippen LogP) is 1.41. The fourth-order valence-electron chi connectivity index (χ4n) is 2.51. The first-order valence-corrected chi connectivity index (χ1v) is 6.97. The monoisotopic (exact) mass is 264 g/mol. The maximum absolute atomic E-state index is 9.97. The Kier molecular flexibility index (Phi) is 5.19. The Hall–Kier alpha value is -1.10. The summed E-state index contributed by atoms with van der Waals surface area (Å²) in [5, 5.41) is 12.9. The van der Waals surface area contributed by atoms with Crippen molar-refractivity contribution in [2.24, 2.45) is 0 Å². The molecule has 0 aromatic heterocycles. The molecule has 0 radical (unpaired) electrons. The lowest BCUT2D eigenvalue weighted by Crippen LogP contribution is -2.38. The van der Waals surface area contributed by atoms with Crippen LogP contribution in [-0.2, 0) is 0 Å². The Balaban J connectivity index is 1.98. The highest BCUT2D eigenvalue weighted by molar-refractivity contribution is 5.30. The number of piperidine rings is 1. The van der Waals surface area contributed by atoms with Gasteiger partial charge < -0.3 is 20.1 Å². The number of aliphatic hydroxyl groups excluding tert-OH is 1. The van der Waals surface area contributed by atoms with E-state index in [1.54, 1.807) is 0 Å². The molecule has 1 aliphatic heterocycles. The molecule has 106 valence electrons. The Morgan fingerprint density at radius 2 is 2.37 bits per heavy atom. The molecule has 19 heavy (non-hydrogen) atoms. The highest BCUT2D eigenvalue weighted by Crippen LogP contribution is 2.22. The molecular weight excluding hydrogens is 240 g/mol. The maximum Gasteiger partial charge on any atom is 0.120 e. The van der Waals surface area contributed by atoms with Crippen molar-refractivity contribution in [3.63, 3.8) is 0 Å². The van der Waals surface area contributed by atoms with Crippen molar-refractivity contribution in [1.82, 2.24) is 10.2 Å². The lowest BCUT2D eigenvalue weighted by atomic mass is 10.1. The van der Waals surface area contributed by atoms with Crippen LogP contribution in [0.2, 0.25) is 0 Å². The van der Waals surface area contributed by atoms with E-state index in [-0.39, 0.29) is 6.10 Å². The molecule has 1 aromatic rings. The second-order valence-electron chi connectivity index (χ2n) is 5.29. The van der Waals surface area contributed by atoms with Crippen LogP contribution in [0.4, 0.5) is 0 Å². The van der Waals surface area contributed by atoms with Crippen LogP contribution in [-0.4, -0.2) is 49.8 Å². The SMILES string of the molecule is CNCC(O)c1cccc(OC2CCCN(C)C2)c1.